The molecule has 3 heteroatoms. The molecule has 1 saturated heterocycles. The van der Waals surface area contributed by atoms with E-state index in [1.54, 1.807) is 5.01 Å². The van der Waals surface area contributed by atoms with Crippen LogP contribution in [0.2, 0.25) is 0 Å². The van der Waals surface area contributed by atoms with E-state index in [-0.39, 0.29) is 6.23 Å². The van der Waals surface area contributed by atoms with Crippen molar-refractivity contribution in [2.45, 2.75) is 13.2 Å². The molecular formula is C4H10N2O. The normalized spacial score (nSPS) is 38.6. The molecule has 0 radical (unpaired) electrons. The molecule has 1 aliphatic rings. The molecule has 0 aromatic rings. The quantitative estimate of drug-likeness (QED) is 0.378. The summed E-state index contributed by atoms with van der Waals surface area (Å²) < 4.78 is 5.07. The molecule has 2 N–H and O–H groups in total. The van der Waals surface area contributed by atoms with Crippen molar-refractivity contribution in [2.75, 3.05) is 13.2 Å². The Kier molecular flexibility index (Phi) is 1.27. The average Bonchev–Trinajstić information content (AvgIpc) is 2.22. The van der Waals surface area contributed by atoms with Crippen molar-refractivity contribution in [1.29, 1.82) is 0 Å². The molecule has 1 rings (SSSR count). The first kappa shape index (κ1) is 5.03. The van der Waals surface area contributed by atoms with E-state index in [0.717, 1.165) is 13.2 Å². The summed E-state index contributed by atoms with van der Waals surface area (Å²) in [4.78, 5) is 0. The molecule has 2 unspecified atom stereocenters. The van der Waals surface area contributed by atoms with Crippen molar-refractivity contribution in [3.63, 3.8) is 0 Å². The van der Waals surface area contributed by atoms with Gasteiger partial charge in [0, 0.05) is 6.61 Å². The van der Waals surface area contributed by atoms with Gasteiger partial charge >= 0.3 is 0 Å². The highest BCUT2D eigenvalue weighted by atomic mass is 16.5. The van der Waals surface area contributed by atoms with Gasteiger partial charge in [-0.3, -0.25) is 5.84 Å². The fraction of sp³-hybridized carbons (Fsp3) is 1.00. The summed E-state index contributed by atoms with van der Waals surface area (Å²) in [5.74, 6) is 5.26. The van der Waals surface area contributed by atoms with Crippen molar-refractivity contribution < 1.29 is 4.74 Å². The third kappa shape index (κ3) is 1.12. The molecule has 0 saturated carbocycles. The number of nitrogens with zero attached hydrogens (tertiary/aromatic N) is 1. The van der Waals surface area contributed by atoms with E-state index in [4.69, 9.17) is 10.6 Å². The Morgan fingerprint density at radius 1 is 2.00 bits per heavy atom. The highest BCUT2D eigenvalue weighted by molar-refractivity contribution is 4.73. The smallest absolute Gasteiger partial charge is 0.137 e. The highest BCUT2D eigenvalue weighted by Crippen LogP contribution is 2.10. The Balaban J connectivity index is 1.98. The summed E-state index contributed by atoms with van der Waals surface area (Å²) >= 11 is 0. The van der Waals surface area contributed by atoms with Gasteiger partial charge in [0.05, 0.1) is 6.54 Å². The molecule has 2 atom stereocenters. The maximum atomic E-state index is 5.26. The van der Waals surface area contributed by atoms with E-state index in [1.807, 2.05) is 6.92 Å². The molecular weight excluding hydrogens is 92.1 g/mol. The minimum atomic E-state index is 0.227. The van der Waals surface area contributed by atoms with Gasteiger partial charge in [0.1, 0.15) is 6.23 Å². The van der Waals surface area contributed by atoms with Crippen LogP contribution in [0.15, 0.2) is 0 Å². The third-order valence-electron chi connectivity index (χ3n) is 0.962. The third-order valence-corrected chi connectivity index (χ3v) is 0.962. The molecule has 0 amide bonds. The second kappa shape index (κ2) is 1.78. The lowest BCUT2D eigenvalue weighted by molar-refractivity contribution is 0.0944. The predicted molar refractivity (Wildman–Crippen MR) is 26.3 cm³/mol. The second-order valence-electron chi connectivity index (χ2n) is 1.61. The maximum absolute atomic E-state index is 5.26. The van der Waals surface area contributed by atoms with Gasteiger partial charge in [-0.05, 0) is 6.92 Å². The van der Waals surface area contributed by atoms with Crippen molar-refractivity contribution in [2.24, 2.45) is 5.84 Å². The summed E-state index contributed by atoms with van der Waals surface area (Å²) in [6, 6.07) is 0. The highest BCUT2D eigenvalue weighted by Gasteiger charge is 2.30. The van der Waals surface area contributed by atoms with Gasteiger partial charge in [-0.1, -0.05) is 0 Å². The van der Waals surface area contributed by atoms with Gasteiger partial charge in [0.2, 0.25) is 0 Å². The van der Waals surface area contributed by atoms with Crippen LogP contribution in [0.4, 0.5) is 0 Å². The summed E-state index contributed by atoms with van der Waals surface area (Å²) in [6.07, 6.45) is 0.227. The van der Waals surface area contributed by atoms with Crippen LogP contribution in [0, 0.1) is 0 Å². The number of hydrogen-bond acceptors (Lipinski definition) is 3. The molecule has 42 valence electrons. The molecule has 3 nitrogen and oxygen atoms in total. The van der Waals surface area contributed by atoms with Gasteiger partial charge in [-0.2, -0.15) is 0 Å². The summed E-state index contributed by atoms with van der Waals surface area (Å²) in [5.41, 5.74) is 0. The molecule has 0 bridgehead atoms. The van der Waals surface area contributed by atoms with Crippen LogP contribution >= 0.6 is 0 Å². The molecule has 7 heavy (non-hydrogen) atoms. The van der Waals surface area contributed by atoms with Crippen LogP contribution < -0.4 is 5.84 Å². The van der Waals surface area contributed by atoms with Crippen LogP contribution in [0.1, 0.15) is 6.92 Å². The summed E-state index contributed by atoms with van der Waals surface area (Å²) in [6.45, 7) is 3.62. The van der Waals surface area contributed by atoms with Gasteiger partial charge in [0.15, 0.2) is 0 Å². The number of hydrazine groups is 1. The minimum Gasteiger partial charge on any atom is -0.361 e. The molecule has 1 aliphatic heterocycles. The predicted octanol–water partition coefficient (Wildman–Crippen LogP) is -0.462. The second-order valence-corrected chi connectivity index (χ2v) is 1.61. The van der Waals surface area contributed by atoms with Crippen LogP contribution in [0.5, 0.6) is 0 Å². The van der Waals surface area contributed by atoms with Gasteiger partial charge in [-0.25, -0.2) is 5.01 Å². The Morgan fingerprint density at radius 3 is 2.71 bits per heavy atom. The Morgan fingerprint density at radius 2 is 2.57 bits per heavy atom. The first-order valence-electron chi connectivity index (χ1n) is 2.47. The van der Waals surface area contributed by atoms with Gasteiger partial charge < -0.3 is 4.74 Å². The molecule has 0 aromatic carbocycles. The topological polar surface area (TPSA) is 38.3 Å². The molecule has 0 spiro atoms. The van der Waals surface area contributed by atoms with Crippen LogP contribution in [-0.2, 0) is 4.74 Å². The first-order chi connectivity index (χ1) is 3.34. The largest absolute Gasteiger partial charge is 0.361 e. The summed E-state index contributed by atoms with van der Waals surface area (Å²) in [7, 11) is 0. The minimum absolute atomic E-state index is 0.227. The van der Waals surface area contributed by atoms with Crippen LogP contribution in [0.3, 0.4) is 0 Å². The Labute approximate surface area is 43.0 Å². The lowest BCUT2D eigenvalue weighted by atomic mass is 10.8. The van der Waals surface area contributed by atoms with Gasteiger partial charge in [0.25, 0.3) is 0 Å². The zero-order chi connectivity index (χ0) is 5.28. The van der Waals surface area contributed by atoms with E-state index in [1.165, 1.54) is 0 Å². The van der Waals surface area contributed by atoms with Crippen molar-refractivity contribution in [3.8, 4) is 0 Å². The number of rotatable bonds is 2. The zero-order valence-electron chi connectivity index (χ0n) is 4.42. The average molecular weight is 102 g/mol. The van der Waals surface area contributed by atoms with E-state index in [2.05, 4.69) is 0 Å². The molecule has 1 heterocycles. The van der Waals surface area contributed by atoms with E-state index in [9.17, 15) is 0 Å². The van der Waals surface area contributed by atoms with Crippen molar-refractivity contribution >= 4 is 0 Å². The standard InChI is InChI=1S/C4H10N2O/c1-2-7-4-3-6(4)5/h4H,2-3,5H2,1H3. The fourth-order valence-corrected chi connectivity index (χ4v) is 0.474. The number of nitrogens with two attached hydrogens (primary N) is 1. The van der Waals surface area contributed by atoms with Crippen molar-refractivity contribution in [3.05, 3.63) is 0 Å². The Bertz CT molecular complexity index is 66.7. The lowest BCUT2D eigenvalue weighted by Gasteiger charge is -1.92. The first-order valence-corrected chi connectivity index (χ1v) is 2.47. The van der Waals surface area contributed by atoms with Crippen LogP contribution in [0.25, 0.3) is 0 Å². The van der Waals surface area contributed by atoms with E-state index in [0.29, 0.717) is 0 Å². The SMILES string of the molecule is CCOC1CN1N. The number of ether oxygens (including phenoxy) is 1. The van der Waals surface area contributed by atoms with E-state index >= 15 is 0 Å². The van der Waals surface area contributed by atoms with E-state index < -0.39 is 0 Å². The van der Waals surface area contributed by atoms with Crippen LogP contribution in [-0.4, -0.2) is 24.4 Å². The fourth-order valence-electron chi connectivity index (χ4n) is 0.474. The van der Waals surface area contributed by atoms with Gasteiger partial charge in [-0.15, -0.1) is 0 Å². The Hall–Kier alpha value is -0.120. The zero-order valence-corrected chi connectivity index (χ0v) is 4.42. The lowest BCUT2D eigenvalue weighted by Crippen LogP contribution is -2.11. The maximum Gasteiger partial charge on any atom is 0.137 e. The summed E-state index contributed by atoms with van der Waals surface area (Å²) in [5, 5.41) is 1.66. The molecule has 0 aromatic heterocycles. The van der Waals surface area contributed by atoms with Crippen molar-refractivity contribution in [1.82, 2.24) is 5.01 Å². The number of hydrogen-bond donors (Lipinski definition) is 1. The monoisotopic (exact) mass is 102 g/mol. The molecule has 1 fully saturated rings. The molecule has 0 aliphatic carbocycles.